The number of benzene rings is 2. The average Bonchev–Trinajstić information content (AvgIpc) is 2.75. The molecule has 0 radical (unpaired) electrons. The van der Waals surface area contributed by atoms with Gasteiger partial charge in [-0.15, -0.1) is 0 Å². The van der Waals surface area contributed by atoms with Gasteiger partial charge in [-0.05, 0) is 55.3 Å². The van der Waals surface area contributed by atoms with Gasteiger partial charge in [0.05, 0.1) is 5.69 Å². The fourth-order valence-corrected chi connectivity index (χ4v) is 3.66. The van der Waals surface area contributed by atoms with Gasteiger partial charge >= 0.3 is 0 Å². The van der Waals surface area contributed by atoms with E-state index in [0.717, 1.165) is 16.7 Å². The van der Waals surface area contributed by atoms with E-state index in [2.05, 4.69) is 9.97 Å². The second-order valence-electron chi connectivity index (χ2n) is 7.36. The first-order valence-electron chi connectivity index (χ1n) is 10.0. The van der Waals surface area contributed by atoms with Gasteiger partial charge in [0, 0.05) is 37.2 Å². The van der Waals surface area contributed by atoms with Crippen molar-refractivity contribution >= 4 is 11.0 Å². The molecule has 8 heteroatoms. The van der Waals surface area contributed by atoms with Gasteiger partial charge in [-0.2, -0.15) is 0 Å². The Morgan fingerprint density at radius 3 is 2.44 bits per heavy atom. The molecule has 2 aromatic heterocycles. The molecule has 0 N–H and O–H groups in total. The van der Waals surface area contributed by atoms with Crippen molar-refractivity contribution in [2.45, 2.75) is 19.8 Å². The first kappa shape index (κ1) is 21.7. The minimum atomic E-state index is -0.890. The Labute approximate surface area is 182 Å². The molecule has 0 saturated carbocycles. The summed E-state index contributed by atoms with van der Waals surface area (Å²) in [5, 5.41) is 0.414. The summed E-state index contributed by atoms with van der Waals surface area (Å²) >= 11 is 0. The Morgan fingerprint density at radius 2 is 1.75 bits per heavy atom. The van der Waals surface area contributed by atoms with Gasteiger partial charge in [0.15, 0.2) is 5.65 Å². The van der Waals surface area contributed by atoms with Gasteiger partial charge in [0.1, 0.15) is 29.0 Å². The van der Waals surface area contributed by atoms with Crippen molar-refractivity contribution in [1.29, 1.82) is 0 Å². The molecule has 0 bridgehead atoms. The number of ether oxygens (including phenoxy) is 1. The summed E-state index contributed by atoms with van der Waals surface area (Å²) in [6.45, 7) is 2.21. The third kappa shape index (κ3) is 4.01. The van der Waals surface area contributed by atoms with Gasteiger partial charge in [-0.3, -0.25) is 9.36 Å². The molecule has 0 amide bonds. The van der Waals surface area contributed by atoms with E-state index in [-0.39, 0.29) is 5.65 Å². The standard InChI is InChI=1S/C24H20F3N3O2/c1-14-13-15(25)8-9-16(14)22-17-10-11-21(31)30(23-18(26)5-3-6-19(23)27)24(17)29-20(28-22)7-4-12-32-2/h3,5-6,8-11,13H,4,7,12H2,1-2H3. The Morgan fingerprint density at radius 1 is 1.00 bits per heavy atom. The number of nitrogens with zero attached hydrogens (tertiary/aromatic N) is 3. The van der Waals surface area contributed by atoms with Crippen molar-refractivity contribution in [3.63, 3.8) is 0 Å². The monoisotopic (exact) mass is 439 g/mol. The SMILES string of the molecule is COCCCc1nc(-c2ccc(F)cc2C)c2ccc(=O)n(-c3c(F)cccc3F)c2n1. The van der Waals surface area contributed by atoms with Gasteiger partial charge in [0.25, 0.3) is 5.56 Å². The summed E-state index contributed by atoms with van der Waals surface area (Å²) in [5.41, 5.74) is 0.637. The highest BCUT2D eigenvalue weighted by atomic mass is 19.1. The molecule has 0 unspecified atom stereocenters. The second kappa shape index (κ2) is 8.92. The van der Waals surface area contributed by atoms with E-state index < -0.39 is 28.7 Å². The lowest BCUT2D eigenvalue weighted by atomic mass is 10.0. The molecule has 0 atom stereocenters. The lowest BCUT2D eigenvalue weighted by Crippen LogP contribution is -2.21. The van der Waals surface area contributed by atoms with Gasteiger partial charge in [0.2, 0.25) is 0 Å². The number of halogens is 3. The van der Waals surface area contributed by atoms with Crippen LogP contribution in [0, 0.1) is 24.4 Å². The van der Waals surface area contributed by atoms with Crippen molar-refractivity contribution in [1.82, 2.24) is 14.5 Å². The van der Waals surface area contributed by atoms with Gasteiger partial charge < -0.3 is 4.74 Å². The third-order valence-electron chi connectivity index (χ3n) is 5.15. The average molecular weight is 439 g/mol. The molecule has 32 heavy (non-hydrogen) atoms. The smallest absolute Gasteiger partial charge is 0.256 e. The number of rotatable bonds is 6. The molecule has 0 saturated heterocycles. The zero-order valence-electron chi connectivity index (χ0n) is 17.5. The predicted molar refractivity (Wildman–Crippen MR) is 115 cm³/mol. The second-order valence-corrected chi connectivity index (χ2v) is 7.36. The number of methoxy groups -OCH3 is 1. The quantitative estimate of drug-likeness (QED) is 0.407. The fourth-order valence-electron chi connectivity index (χ4n) is 3.66. The van der Waals surface area contributed by atoms with Crippen LogP contribution in [0.3, 0.4) is 0 Å². The zero-order valence-corrected chi connectivity index (χ0v) is 17.5. The molecule has 0 spiro atoms. The first-order chi connectivity index (χ1) is 15.4. The molecular weight excluding hydrogens is 419 g/mol. The molecule has 0 aliphatic rings. The maximum absolute atomic E-state index is 14.6. The van der Waals surface area contributed by atoms with Crippen molar-refractivity contribution in [2.75, 3.05) is 13.7 Å². The van der Waals surface area contributed by atoms with E-state index in [1.54, 1.807) is 20.1 Å². The molecule has 164 valence electrons. The van der Waals surface area contributed by atoms with E-state index >= 15 is 0 Å². The zero-order chi connectivity index (χ0) is 22.8. The number of aromatic nitrogens is 3. The van der Waals surface area contributed by atoms with Crippen molar-refractivity contribution in [2.24, 2.45) is 0 Å². The van der Waals surface area contributed by atoms with Crippen molar-refractivity contribution < 1.29 is 17.9 Å². The van der Waals surface area contributed by atoms with Crippen LogP contribution in [0.1, 0.15) is 17.8 Å². The molecule has 5 nitrogen and oxygen atoms in total. The van der Waals surface area contributed by atoms with E-state index in [1.165, 1.54) is 30.3 Å². The summed E-state index contributed by atoms with van der Waals surface area (Å²) in [6.07, 6.45) is 1.02. The van der Waals surface area contributed by atoms with Crippen LogP contribution in [0.5, 0.6) is 0 Å². The van der Waals surface area contributed by atoms with Crippen molar-refractivity contribution in [3.05, 3.63) is 87.7 Å². The molecule has 0 fully saturated rings. The molecule has 2 heterocycles. The minimum Gasteiger partial charge on any atom is -0.385 e. The number of hydrogen-bond acceptors (Lipinski definition) is 4. The van der Waals surface area contributed by atoms with Crippen LogP contribution in [-0.4, -0.2) is 28.3 Å². The minimum absolute atomic E-state index is 0.0719. The molecule has 0 aliphatic heterocycles. The highest BCUT2D eigenvalue weighted by Crippen LogP contribution is 2.30. The van der Waals surface area contributed by atoms with Crippen LogP contribution in [0.4, 0.5) is 13.2 Å². The normalized spacial score (nSPS) is 11.3. The fraction of sp³-hybridized carbons (Fsp3) is 0.208. The Hall–Kier alpha value is -3.52. The summed E-state index contributed by atoms with van der Waals surface area (Å²) in [5.74, 6) is -1.79. The number of hydrogen-bond donors (Lipinski definition) is 0. The lowest BCUT2D eigenvalue weighted by Gasteiger charge is -2.15. The Bertz CT molecular complexity index is 1350. The van der Waals surface area contributed by atoms with E-state index in [4.69, 9.17) is 4.74 Å². The third-order valence-corrected chi connectivity index (χ3v) is 5.15. The largest absolute Gasteiger partial charge is 0.385 e. The molecular formula is C24H20F3N3O2. The summed E-state index contributed by atoms with van der Waals surface area (Å²) < 4.78 is 49.0. The summed E-state index contributed by atoms with van der Waals surface area (Å²) in [4.78, 5) is 21.9. The predicted octanol–water partition coefficient (Wildman–Crippen LogP) is 4.75. The van der Waals surface area contributed by atoms with Crippen LogP contribution >= 0.6 is 0 Å². The van der Waals surface area contributed by atoms with Crippen LogP contribution in [-0.2, 0) is 11.2 Å². The number of fused-ring (bicyclic) bond motifs is 1. The van der Waals surface area contributed by atoms with E-state index in [1.807, 2.05) is 0 Å². The van der Waals surface area contributed by atoms with Crippen molar-refractivity contribution in [3.8, 4) is 16.9 Å². The summed E-state index contributed by atoms with van der Waals surface area (Å²) in [6, 6.07) is 10.4. The maximum Gasteiger partial charge on any atom is 0.256 e. The Balaban J connectivity index is 2.07. The Kier molecular flexibility index (Phi) is 6.05. The number of pyridine rings is 1. The maximum atomic E-state index is 14.6. The topological polar surface area (TPSA) is 57.0 Å². The summed E-state index contributed by atoms with van der Waals surface area (Å²) in [7, 11) is 1.58. The van der Waals surface area contributed by atoms with Gasteiger partial charge in [-0.25, -0.2) is 23.1 Å². The molecule has 0 aliphatic carbocycles. The highest BCUT2D eigenvalue weighted by Gasteiger charge is 2.20. The lowest BCUT2D eigenvalue weighted by molar-refractivity contribution is 0.194. The first-order valence-corrected chi connectivity index (χ1v) is 10.0. The van der Waals surface area contributed by atoms with E-state index in [9.17, 15) is 18.0 Å². The van der Waals surface area contributed by atoms with E-state index in [0.29, 0.717) is 47.5 Å². The molecule has 4 rings (SSSR count). The molecule has 4 aromatic rings. The van der Waals surface area contributed by atoms with Gasteiger partial charge in [-0.1, -0.05) is 6.07 Å². The van der Waals surface area contributed by atoms with Crippen LogP contribution in [0.15, 0.2) is 53.3 Å². The highest BCUT2D eigenvalue weighted by molar-refractivity contribution is 5.92. The number of para-hydroxylation sites is 1. The van der Waals surface area contributed by atoms with Crippen LogP contribution in [0.25, 0.3) is 28.0 Å². The van der Waals surface area contributed by atoms with Crippen LogP contribution in [0.2, 0.25) is 0 Å². The molecule has 2 aromatic carbocycles. The van der Waals surface area contributed by atoms with Crippen LogP contribution < -0.4 is 5.56 Å². The number of aryl methyl sites for hydroxylation is 2.